The summed E-state index contributed by atoms with van der Waals surface area (Å²) >= 11 is 0. The second-order valence-corrected chi connectivity index (χ2v) is 7.81. The Morgan fingerprint density at radius 1 is 1.11 bits per heavy atom. The molecule has 1 fully saturated rings. The van der Waals surface area contributed by atoms with Gasteiger partial charge in [0.1, 0.15) is 0 Å². The van der Waals surface area contributed by atoms with Crippen LogP contribution in [0.3, 0.4) is 0 Å². The van der Waals surface area contributed by atoms with E-state index in [9.17, 15) is 0 Å². The van der Waals surface area contributed by atoms with Gasteiger partial charge in [-0.3, -0.25) is 4.98 Å². The van der Waals surface area contributed by atoms with Crippen LogP contribution in [0, 0.1) is 6.92 Å². The normalized spacial score (nSPS) is 15.0. The van der Waals surface area contributed by atoms with Crippen LogP contribution in [0.4, 0.5) is 0 Å². The van der Waals surface area contributed by atoms with E-state index in [4.69, 9.17) is 14.5 Å². The molecule has 4 rings (SSSR count). The molecule has 3 aromatic rings. The third kappa shape index (κ3) is 3.81. The number of likely N-dealkylation sites (tertiary alicyclic amines) is 1. The molecule has 2 aromatic heterocycles. The fourth-order valence-corrected chi connectivity index (χ4v) is 4.32. The zero-order valence-corrected chi connectivity index (χ0v) is 17.3. The minimum Gasteiger partial charge on any atom is -0.493 e. The molecule has 0 amide bonds. The Balaban J connectivity index is 1.61. The Labute approximate surface area is 167 Å². The first-order valence-electron chi connectivity index (χ1n) is 10.5. The number of nitrogens with zero attached hydrogens (tertiary/aromatic N) is 2. The molecule has 3 heterocycles. The van der Waals surface area contributed by atoms with Gasteiger partial charge in [0, 0.05) is 29.1 Å². The van der Waals surface area contributed by atoms with Crippen molar-refractivity contribution in [2.24, 2.45) is 0 Å². The van der Waals surface area contributed by atoms with Crippen molar-refractivity contribution in [3.8, 4) is 11.5 Å². The van der Waals surface area contributed by atoms with Crippen molar-refractivity contribution in [2.45, 2.75) is 46.0 Å². The van der Waals surface area contributed by atoms with E-state index < -0.39 is 0 Å². The van der Waals surface area contributed by atoms with Gasteiger partial charge in [-0.05, 0) is 57.8 Å². The van der Waals surface area contributed by atoms with Crippen molar-refractivity contribution < 1.29 is 9.47 Å². The molecule has 0 spiro atoms. The Morgan fingerprint density at radius 2 is 1.93 bits per heavy atom. The van der Waals surface area contributed by atoms with Gasteiger partial charge in [-0.2, -0.15) is 0 Å². The van der Waals surface area contributed by atoms with E-state index in [1.807, 2.05) is 0 Å². The van der Waals surface area contributed by atoms with Gasteiger partial charge in [0.15, 0.2) is 11.5 Å². The molecule has 1 N–H and O–H groups in total. The summed E-state index contributed by atoms with van der Waals surface area (Å²) < 4.78 is 11.8. The smallest absolute Gasteiger partial charge is 0.163 e. The SMILES string of the molecule is CCCc1nc(C)cc2[nH]c3cc(OCCCN4CCCC4)c(OC)cc3c12. The molecule has 0 radical (unpaired) electrons. The number of nitrogens with one attached hydrogen (secondary N) is 1. The number of aromatic amines is 1. The van der Waals surface area contributed by atoms with Crippen molar-refractivity contribution in [1.82, 2.24) is 14.9 Å². The van der Waals surface area contributed by atoms with Crippen LogP contribution in [0.2, 0.25) is 0 Å². The molecule has 5 nitrogen and oxygen atoms in total. The molecule has 0 unspecified atom stereocenters. The van der Waals surface area contributed by atoms with E-state index in [1.54, 1.807) is 7.11 Å². The molecule has 0 aliphatic carbocycles. The first-order valence-corrected chi connectivity index (χ1v) is 10.5. The zero-order chi connectivity index (χ0) is 19.5. The predicted octanol–water partition coefficient (Wildman–Crippen LogP) is 4.85. The van der Waals surface area contributed by atoms with Crippen molar-refractivity contribution >= 4 is 21.8 Å². The van der Waals surface area contributed by atoms with E-state index in [1.165, 1.54) is 31.3 Å². The third-order valence-electron chi connectivity index (χ3n) is 5.63. The minimum atomic E-state index is 0.709. The number of rotatable bonds is 8. The van der Waals surface area contributed by atoms with Crippen LogP contribution >= 0.6 is 0 Å². The van der Waals surface area contributed by atoms with Gasteiger partial charge < -0.3 is 19.4 Å². The van der Waals surface area contributed by atoms with Crippen molar-refractivity contribution in [1.29, 1.82) is 0 Å². The molecule has 1 aromatic carbocycles. The van der Waals surface area contributed by atoms with Crippen molar-refractivity contribution in [2.75, 3.05) is 33.4 Å². The average molecular weight is 382 g/mol. The maximum Gasteiger partial charge on any atom is 0.163 e. The maximum absolute atomic E-state index is 6.11. The fraction of sp³-hybridized carbons (Fsp3) is 0.522. The monoisotopic (exact) mass is 381 g/mol. The Kier molecular flexibility index (Phi) is 5.72. The van der Waals surface area contributed by atoms with Crippen molar-refractivity contribution in [3.05, 3.63) is 29.6 Å². The lowest BCUT2D eigenvalue weighted by atomic mass is 10.1. The van der Waals surface area contributed by atoms with Gasteiger partial charge in [-0.15, -0.1) is 0 Å². The summed E-state index contributed by atoms with van der Waals surface area (Å²) in [6.07, 6.45) is 5.76. The summed E-state index contributed by atoms with van der Waals surface area (Å²) in [6, 6.07) is 6.30. The van der Waals surface area contributed by atoms with Crippen molar-refractivity contribution in [3.63, 3.8) is 0 Å². The molecule has 0 bridgehead atoms. The summed E-state index contributed by atoms with van der Waals surface area (Å²) in [4.78, 5) is 10.9. The molecule has 150 valence electrons. The lowest BCUT2D eigenvalue weighted by molar-refractivity contribution is 0.254. The Morgan fingerprint density at radius 3 is 2.68 bits per heavy atom. The highest BCUT2D eigenvalue weighted by Crippen LogP contribution is 2.37. The van der Waals surface area contributed by atoms with E-state index in [0.29, 0.717) is 6.61 Å². The molecule has 5 heteroatoms. The second-order valence-electron chi connectivity index (χ2n) is 7.81. The van der Waals surface area contributed by atoms with Gasteiger partial charge in [-0.25, -0.2) is 0 Å². The standard InChI is InChI=1S/C23H31N3O2/c1-4-8-18-23-17-14-21(27-3)22(28-12-7-11-26-9-5-6-10-26)15-19(17)25-20(23)13-16(2)24-18/h13-15,25H,4-12H2,1-3H3. The Hall–Kier alpha value is -2.27. The fourth-order valence-electron chi connectivity index (χ4n) is 4.32. The summed E-state index contributed by atoms with van der Waals surface area (Å²) in [7, 11) is 1.71. The number of pyridine rings is 1. The third-order valence-corrected chi connectivity index (χ3v) is 5.63. The molecule has 28 heavy (non-hydrogen) atoms. The number of aromatic nitrogens is 2. The van der Waals surface area contributed by atoms with E-state index in [0.717, 1.165) is 65.1 Å². The van der Waals surface area contributed by atoms with Crippen LogP contribution in [0.1, 0.15) is 44.0 Å². The van der Waals surface area contributed by atoms with Crippen LogP contribution in [-0.2, 0) is 6.42 Å². The number of ether oxygens (including phenoxy) is 2. The van der Waals surface area contributed by atoms with Gasteiger partial charge >= 0.3 is 0 Å². The highest BCUT2D eigenvalue weighted by atomic mass is 16.5. The minimum absolute atomic E-state index is 0.709. The highest BCUT2D eigenvalue weighted by molar-refractivity contribution is 6.09. The molecule has 0 saturated carbocycles. The lowest BCUT2D eigenvalue weighted by Crippen LogP contribution is -2.21. The summed E-state index contributed by atoms with van der Waals surface area (Å²) in [5, 5.41) is 2.37. The van der Waals surface area contributed by atoms with Gasteiger partial charge in [0.2, 0.25) is 0 Å². The highest BCUT2D eigenvalue weighted by Gasteiger charge is 2.16. The number of H-pyrrole nitrogens is 1. The van der Waals surface area contributed by atoms with E-state index in [-0.39, 0.29) is 0 Å². The lowest BCUT2D eigenvalue weighted by Gasteiger charge is -2.15. The van der Waals surface area contributed by atoms with E-state index >= 15 is 0 Å². The second kappa shape index (κ2) is 8.39. The van der Waals surface area contributed by atoms with Gasteiger partial charge in [0.05, 0.1) is 30.4 Å². The quantitative estimate of drug-likeness (QED) is 0.567. The summed E-state index contributed by atoms with van der Waals surface area (Å²) in [6.45, 7) is 8.54. The van der Waals surface area contributed by atoms with Crippen LogP contribution < -0.4 is 9.47 Å². The molecule has 0 atom stereocenters. The number of aryl methyl sites for hydroxylation is 2. The maximum atomic E-state index is 6.11. The number of fused-ring (bicyclic) bond motifs is 3. The largest absolute Gasteiger partial charge is 0.493 e. The summed E-state index contributed by atoms with van der Waals surface area (Å²) in [5.41, 5.74) is 4.42. The number of hydrogen-bond acceptors (Lipinski definition) is 4. The zero-order valence-electron chi connectivity index (χ0n) is 17.3. The molecule has 1 aliphatic rings. The molecular weight excluding hydrogens is 350 g/mol. The van der Waals surface area contributed by atoms with Crippen LogP contribution in [0.5, 0.6) is 11.5 Å². The number of hydrogen-bond donors (Lipinski definition) is 1. The number of methoxy groups -OCH3 is 1. The summed E-state index contributed by atoms with van der Waals surface area (Å²) in [5.74, 6) is 1.60. The van der Waals surface area contributed by atoms with E-state index in [2.05, 4.69) is 41.9 Å². The van der Waals surface area contributed by atoms with Crippen LogP contribution in [0.15, 0.2) is 18.2 Å². The Bertz CT molecular complexity index is 958. The van der Waals surface area contributed by atoms with Gasteiger partial charge in [0.25, 0.3) is 0 Å². The number of benzene rings is 1. The van der Waals surface area contributed by atoms with Gasteiger partial charge in [-0.1, -0.05) is 13.3 Å². The predicted molar refractivity (Wildman–Crippen MR) is 115 cm³/mol. The van der Waals surface area contributed by atoms with Crippen LogP contribution in [0.25, 0.3) is 21.8 Å². The molecule has 1 aliphatic heterocycles. The first kappa shape index (κ1) is 19.1. The topological polar surface area (TPSA) is 50.4 Å². The first-order chi connectivity index (χ1) is 13.7. The molecule has 1 saturated heterocycles. The molecular formula is C23H31N3O2. The van der Waals surface area contributed by atoms with Crippen LogP contribution in [-0.4, -0.2) is 48.2 Å². The average Bonchev–Trinajstić information content (AvgIpc) is 3.31.